The van der Waals surface area contributed by atoms with Crippen LogP contribution in [0.2, 0.25) is 0 Å². The standard InChI is InChI=1S/C18H26N4O6S2/c1-11(2)14-10-13(8-9-15(14)19-16(23)26-6)27-17(24)21(4)30-22(5)18(25)28-20-12(3)29-7/h8-11H,1-7H3,(H,19,23)/b20-12-. The number of thioether (sulfide) groups is 1. The first-order valence-electron chi connectivity index (χ1n) is 8.74. The van der Waals surface area contributed by atoms with Gasteiger partial charge in [0.15, 0.2) is 0 Å². The van der Waals surface area contributed by atoms with Crippen LogP contribution in [-0.2, 0) is 9.57 Å². The van der Waals surface area contributed by atoms with Gasteiger partial charge < -0.3 is 9.47 Å². The number of carbonyl (C=O) groups excluding carboxylic acids is 3. The van der Waals surface area contributed by atoms with E-state index < -0.39 is 18.3 Å². The molecular formula is C18H26N4O6S2. The lowest BCUT2D eigenvalue weighted by Gasteiger charge is -2.21. The van der Waals surface area contributed by atoms with E-state index in [1.54, 1.807) is 31.4 Å². The summed E-state index contributed by atoms with van der Waals surface area (Å²) < 4.78 is 12.2. The summed E-state index contributed by atoms with van der Waals surface area (Å²) in [5, 5.41) is 6.85. The highest BCUT2D eigenvalue weighted by Gasteiger charge is 2.20. The fourth-order valence-electron chi connectivity index (χ4n) is 1.97. The Labute approximate surface area is 184 Å². The number of anilines is 1. The highest BCUT2D eigenvalue weighted by atomic mass is 32.2. The molecule has 0 atom stereocenters. The molecule has 0 radical (unpaired) electrons. The molecule has 1 aromatic carbocycles. The molecule has 0 heterocycles. The number of benzene rings is 1. The third-order valence-corrected chi connectivity index (χ3v) is 5.03. The van der Waals surface area contributed by atoms with Crippen molar-refractivity contribution in [3.8, 4) is 5.75 Å². The van der Waals surface area contributed by atoms with Gasteiger partial charge in [0.2, 0.25) is 0 Å². The number of ether oxygens (including phenoxy) is 2. The molecule has 0 bridgehead atoms. The Morgan fingerprint density at radius 3 is 2.33 bits per heavy atom. The maximum atomic E-state index is 12.4. The SMILES string of the molecule is COC(=O)Nc1ccc(OC(=O)N(C)SN(C)C(=O)O/N=C(/C)SC)cc1C(C)C. The van der Waals surface area contributed by atoms with Gasteiger partial charge in [-0.05, 0) is 42.9 Å². The van der Waals surface area contributed by atoms with Crippen molar-refractivity contribution >= 4 is 52.9 Å². The number of nitrogens with zero attached hydrogens (tertiary/aromatic N) is 3. The Morgan fingerprint density at radius 1 is 1.13 bits per heavy atom. The molecule has 0 aromatic heterocycles. The summed E-state index contributed by atoms with van der Waals surface area (Å²) in [6.45, 7) is 5.58. The van der Waals surface area contributed by atoms with E-state index in [1.807, 2.05) is 13.8 Å². The zero-order valence-electron chi connectivity index (χ0n) is 17.9. The number of rotatable bonds is 6. The Hall–Kier alpha value is -2.60. The fraction of sp³-hybridized carbons (Fsp3) is 0.444. The van der Waals surface area contributed by atoms with Crippen LogP contribution in [0.3, 0.4) is 0 Å². The van der Waals surface area contributed by atoms with Gasteiger partial charge in [0, 0.05) is 19.8 Å². The molecule has 1 aromatic rings. The van der Waals surface area contributed by atoms with Crippen molar-refractivity contribution in [2.45, 2.75) is 26.7 Å². The van der Waals surface area contributed by atoms with Gasteiger partial charge in [-0.15, -0.1) is 11.8 Å². The van der Waals surface area contributed by atoms with Crippen LogP contribution < -0.4 is 10.1 Å². The Kier molecular flexibility index (Phi) is 10.3. The maximum absolute atomic E-state index is 12.4. The van der Waals surface area contributed by atoms with Crippen LogP contribution in [0, 0.1) is 0 Å². The van der Waals surface area contributed by atoms with Crippen LogP contribution in [0.25, 0.3) is 0 Å². The average molecular weight is 459 g/mol. The Bertz CT molecular complexity index is 803. The van der Waals surface area contributed by atoms with Crippen molar-refractivity contribution in [3.05, 3.63) is 23.8 Å². The molecule has 0 aliphatic rings. The Balaban J connectivity index is 2.77. The minimum absolute atomic E-state index is 0.0501. The van der Waals surface area contributed by atoms with Crippen LogP contribution in [-0.4, -0.2) is 59.4 Å². The number of nitrogens with one attached hydrogen (secondary N) is 1. The second kappa shape index (κ2) is 12.2. The third kappa shape index (κ3) is 8.03. The number of hydrogen-bond acceptors (Lipinski definition) is 9. The van der Waals surface area contributed by atoms with Crippen LogP contribution in [0.5, 0.6) is 5.75 Å². The molecule has 0 aliphatic carbocycles. The van der Waals surface area contributed by atoms with E-state index in [2.05, 4.69) is 15.2 Å². The molecular weight excluding hydrogens is 432 g/mol. The first-order chi connectivity index (χ1) is 14.1. The van der Waals surface area contributed by atoms with Gasteiger partial charge in [0.25, 0.3) is 0 Å². The predicted octanol–water partition coefficient (Wildman–Crippen LogP) is 4.75. The van der Waals surface area contributed by atoms with Gasteiger partial charge >= 0.3 is 18.3 Å². The molecule has 1 N–H and O–H groups in total. The van der Waals surface area contributed by atoms with E-state index in [-0.39, 0.29) is 11.7 Å². The minimum atomic E-state index is -0.742. The van der Waals surface area contributed by atoms with Gasteiger partial charge in [-0.25, -0.2) is 23.0 Å². The van der Waals surface area contributed by atoms with Crippen molar-refractivity contribution in [2.75, 3.05) is 32.8 Å². The summed E-state index contributed by atoms with van der Waals surface area (Å²) in [6, 6.07) is 4.83. The van der Waals surface area contributed by atoms with E-state index in [0.717, 1.165) is 26.3 Å². The van der Waals surface area contributed by atoms with E-state index >= 15 is 0 Å². The molecule has 166 valence electrons. The highest BCUT2D eigenvalue weighted by Crippen LogP contribution is 2.29. The molecule has 0 unspecified atom stereocenters. The first-order valence-corrected chi connectivity index (χ1v) is 10.7. The summed E-state index contributed by atoms with van der Waals surface area (Å²) in [7, 11) is 4.16. The van der Waals surface area contributed by atoms with Crippen LogP contribution in [0.4, 0.5) is 20.1 Å². The Morgan fingerprint density at radius 2 is 1.77 bits per heavy atom. The summed E-state index contributed by atoms with van der Waals surface area (Å²) in [5.74, 6) is 0.339. The van der Waals surface area contributed by atoms with Gasteiger partial charge in [0.05, 0.1) is 19.2 Å². The predicted molar refractivity (Wildman–Crippen MR) is 119 cm³/mol. The monoisotopic (exact) mass is 458 g/mol. The lowest BCUT2D eigenvalue weighted by atomic mass is 10.0. The average Bonchev–Trinajstić information content (AvgIpc) is 2.71. The summed E-state index contributed by atoms with van der Waals surface area (Å²) in [5.41, 5.74) is 1.33. The van der Waals surface area contributed by atoms with E-state index in [4.69, 9.17) is 9.57 Å². The quantitative estimate of drug-likeness (QED) is 0.214. The molecule has 12 heteroatoms. The number of methoxy groups -OCH3 is 1. The van der Waals surface area contributed by atoms with Gasteiger partial charge in [-0.1, -0.05) is 19.0 Å². The molecule has 0 spiro atoms. The number of carbonyl (C=O) groups is 3. The summed E-state index contributed by atoms with van der Waals surface area (Å²) >= 11 is 2.13. The number of amides is 3. The molecule has 3 amide bonds. The molecule has 0 fully saturated rings. The molecule has 0 saturated heterocycles. The van der Waals surface area contributed by atoms with Crippen LogP contribution in [0.1, 0.15) is 32.3 Å². The van der Waals surface area contributed by atoms with Gasteiger partial charge in [-0.3, -0.25) is 10.2 Å². The zero-order chi connectivity index (χ0) is 22.8. The fourth-order valence-corrected chi connectivity index (χ4v) is 2.65. The number of oxime groups is 1. The van der Waals surface area contributed by atoms with Crippen molar-refractivity contribution in [2.24, 2.45) is 5.16 Å². The smallest absolute Gasteiger partial charge is 0.447 e. The highest BCUT2D eigenvalue weighted by molar-refractivity contribution is 8.13. The van der Waals surface area contributed by atoms with Gasteiger partial charge in [-0.2, -0.15) is 0 Å². The van der Waals surface area contributed by atoms with E-state index in [9.17, 15) is 14.4 Å². The molecule has 1 rings (SSSR count). The molecule has 0 saturated carbocycles. The minimum Gasteiger partial charge on any atom is -0.453 e. The van der Waals surface area contributed by atoms with E-state index in [1.165, 1.54) is 33.0 Å². The lowest BCUT2D eigenvalue weighted by molar-refractivity contribution is 0.136. The third-order valence-electron chi connectivity index (χ3n) is 3.58. The molecule has 0 aliphatic heterocycles. The largest absolute Gasteiger partial charge is 0.453 e. The summed E-state index contributed by atoms with van der Waals surface area (Å²) in [6.07, 6.45) is -0.234. The van der Waals surface area contributed by atoms with Gasteiger partial charge in [0.1, 0.15) is 10.8 Å². The van der Waals surface area contributed by atoms with Crippen molar-refractivity contribution in [3.63, 3.8) is 0 Å². The molecule has 10 nitrogen and oxygen atoms in total. The van der Waals surface area contributed by atoms with Crippen LogP contribution in [0.15, 0.2) is 23.4 Å². The maximum Gasteiger partial charge on any atom is 0.447 e. The van der Waals surface area contributed by atoms with E-state index in [0.29, 0.717) is 10.7 Å². The first kappa shape index (κ1) is 25.4. The van der Waals surface area contributed by atoms with Crippen LogP contribution >= 0.6 is 23.9 Å². The summed E-state index contributed by atoms with van der Waals surface area (Å²) in [4.78, 5) is 40.5. The second-order valence-corrected chi connectivity index (χ2v) is 8.39. The van der Waals surface area contributed by atoms with Crippen molar-refractivity contribution < 1.29 is 28.7 Å². The topological polar surface area (TPSA) is 110 Å². The molecule has 30 heavy (non-hydrogen) atoms. The zero-order valence-corrected chi connectivity index (χ0v) is 19.6. The van der Waals surface area contributed by atoms with Crippen molar-refractivity contribution in [1.29, 1.82) is 0 Å². The van der Waals surface area contributed by atoms with Crippen molar-refractivity contribution in [1.82, 2.24) is 8.61 Å². The lowest BCUT2D eigenvalue weighted by Crippen LogP contribution is -2.30. The normalized spacial score (nSPS) is 11.0. The number of hydrogen-bond donors (Lipinski definition) is 1. The second-order valence-electron chi connectivity index (χ2n) is 6.14.